The summed E-state index contributed by atoms with van der Waals surface area (Å²) in [7, 11) is 0. The average molecular weight is 379 g/mol. The van der Waals surface area contributed by atoms with E-state index in [1.807, 2.05) is 19.1 Å². The maximum Gasteiger partial charge on any atom is 0.257 e. The Labute approximate surface area is 161 Å². The first-order chi connectivity index (χ1) is 13.0. The van der Waals surface area contributed by atoms with E-state index in [2.05, 4.69) is 16.2 Å². The molecule has 2 heterocycles. The molecule has 0 saturated carbocycles. The molecule has 0 spiro atoms. The maximum absolute atomic E-state index is 12.5. The number of rotatable bonds is 3. The molecular formula is C20H15ClN4O2. The second-order valence-electron chi connectivity index (χ2n) is 6.49. The van der Waals surface area contributed by atoms with Crippen molar-refractivity contribution in [2.24, 2.45) is 0 Å². The van der Waals surface area contributed by atoms with Crippen molar-refractivity contribution in [2.75, 3.05) is 11.4 Å². The van der Waals surface area contributed by atoms with E-state index in [0.29, 0.717) is 40.8 Å². The van der Waals surface area contributed by atoms with Crippen LogP contribution >= 0.6 is 11.6 Å². The number of benzene rings is 2. The van der Waals surface area contributed by atoms with Crippen molar-refractivity contribution in [3.63, 3.8) is 0 Å². The lowest BCUT2D eigenvalue weighted by Gasteiger charge is -2.18. The molecule has 1 saturated heterocycles. The standard InChI is InChI=1S/C20H15ClN4O2/c1-12-7-16(21)5-6-17(12)25-11-15(9-18(25)26)19-23-20(27-24-19)14-4-2-3-13(8-14)10-22/h2-8,15H,9,11H2,1H3. The van der Waals surface area contributed by atoms with Crippen molar-refractivity contribution in [2.45, 2.75) is 19.3 Å². The maximum atomic E-state index is 12.5. The Kier molecular flexibility index (Phi) is 4.38. The van der Waals surface area contributed by atoms with Crippen LogP contribution in [0.15, 0.2) is 47.0 Å². The fraction of sp³-hybridized carbons (Fsp3) is 0.200. The van der Waals surface area contributed by atoms with Crippen molar-refractivity contribution in [3.05, 3.63) is 64.4 Å². The highest BCUT2D eigenvalue weighted by atomic mass is 35.5. The molecule has 6 nitrogen and oxygen atoms in total. The number of amides is 1. The summed E-state index contributed by atoms with van der Waals surface area (Å²) in [6.07, 6.45) is 0.319. The van der Waals surface area contributed by atoms with E-state index in [9.17, 15) is 4.79 Å². The lowest BCUT2D eigenvalue weighted by atomic mass is 10.1. The van der Waals surface area contributed by atoms with E-state index in [0.717, 1.165) is 11.3 Å². The molecule has 27 heavy (non-hydrogen) atoms. The third kappa shape index (κ3) is 3.29. The van der Waals surface area contributed by atoms with Gasteiger partial charge in [-0.05, 0) is 48.9 Å². The highest BCUT2D eigenvalue weighted by Gasteiger charge is 2.35. The summed E-state index contributed by atoms with van der Waals surface area (Å²) in [5.74, 6) is 0.706. The highest BCUT2D eigenvalue weighted by molar-refractivity contribution is 6.30. The summed E-state index contributed by atoms with van der Waals surface area (Å²) in [5, 5.41) is 13.7. The van der Waals surface area contributed by atoms with Crippen molar-refractivity contribution in [3.8, 4) is 17.5 Å². The molecule has 134 valence electrons. The predicted octanol–water partition coefficient (Wildman–Crippen LogP) is 4.09. The number of aryl methyl sites for hydroxylation is 1. The van der Waals surface area contributed by atoms with Crippen LogP contribution in [0.2, 0.25) is 5.02 Å². The molecule has 7 heteroatoms. The first kappa shape index (κ1) is 17.3. The highest BCUT2D eigenvalue weighted by Crippen LogP contribution is 2.34. The molecule has 0 radical (unpaired) electrons. The van der Waals surface area contributed by atoms with Crippen LogP contribution in [0.3, 0.4) is 0 Å². The molecule has 4 rings (SSSR count). The van der Waals surface area contributed by atoms with Gasteiger partial charge in [0.15, 0.2) is 5.82 Å². The molecular weight excluding hydrogens is 364 g/mol. The second-order valence-corrected chi connectivity index (χ2v) is 6.92. The van der Waals surface area contributed by atoms with Gasteiger partial charge in [0.05, 0.1) is 11.6 Å². The fourth-order valence-electron chi connectivity index (χ4n) is 3.27. The van der Waals surface area contributed by atoms with E-state index >= 15 is 0 Å². The summed E-state index contributed by atoms with van der Waals surface area (Å²) >= 11 is 6.01. The van der Waals surface area contributed by atoms with Gasteiger partial charge < -0.3 is 9.42 Å². The topological polar surface area (TPSA) is 83.0 Å². The number of carbonyl (C=O) groups excluding carboxylic acids is 1. The third-order valence-corrected chi connectivity index (χ3v) is 4.86. The van der Waals surface area contributed by atoms with E-state index in [-0.39, 0.29) is 11.8 Å². The number of halogens is 1. The van der Waals surface area contributed by atoms with Crippen LogP contribution in [-0.2, 0) is 4.79 Å². The number of hydrogen-bond donors (Lipinski definition) is 0. The van der Waals surface area contributed by atoms with Gasteiger partial charge in [-0.25, -0.2) is 0 Å². The predicted molar refractivity (Wildman–Crippen MR) is 100 cm³/mol. The van der Waals surface area contributed by atoms with Crippen molar-refractivity contribution in [1.29, 1.82) is 5.26 Å². The normalized spacial score (nSPS) is 16.6. The van der Waals surface area contributed by atoms with Crippen LogP contribution in [0, 0.1) is 18.3 Å². The molecule has 1 aromatic heterocycles. The number of nitrogens with zero attached hydrogens (tertiary/aromatic N) is 4. The largest absolute Gasteiger partial charge is 0.334 e. The minimum absolute atomic E-state index is 0.0169. The molecule has 1 aliphatic rings. The Bertz CT molecular complexity index is 1070. The second kappa shape index (κ2) is 6.86. The number of carbonyl (C=O) groups is 1. The minimum atomic E-state index is -0.149. The SMILES string of the molecule is Cc1cc(Cl)ccc1N1CC(c2noc(-c3cccc(C#N)c3)n2)CC1=O. The van der Waals surface area contributed by atoms with Crippen LogP contribution < -0.4 is 4.90 Å². The van der Waals surface area contributed by atoms with Gasteiger partial charge in [0.25, 0.3) is 5.89 Å². The molecule has 1 atom stereocenters. The van der Waals surface area contributed by atoms with Gasteiger partial charge in [-0.3, -0.25) is 4.79 Å². The molecule has 1 amide bonds. The van der Waals surface area contributed by atoms with Crippen LogP contribution in [0.5, 0.6) is 0 Å². The van der Waals surface area contributed by atoms with Crippen molar-refractivity contribution in [1.82, 2.24) is 10.1 Å². The number of hydrogen-bond acceptors (Lipinski definition) is 5. The molecule has 1 fully saturated rings. The molecule has 2 aromatic carbocycles. The fourth-order valence-corrected chi connectivity index (χ4v) is 3.50. The Morgan fingerprint density at radius 1 is 1.30 bits per heavy atom. The van der Waals surface area contributed by atoms with Gasteiger partial charge in [-0.15, -0.1) is 0 Å². The molecule has 0 bridgehead atoms. The summed E-state index contributed by atoms with van der Waals surface area (Å²) < 4.78 is 5.36. The van der Waals surface area contributed by atoms with E-state index < -0.39 is 0 Å². The van der Waals surface area contributed by atoms with Gasteiger partial charge in [-0.2, -0.15) is 10.2 Å². The van der Waals surface area contributed by atoms with Crippen LogP contribution in [0.25, 0.3) is 11.5 Å². The quantitative estimate of drug-likeness (QED) is 0.685. The summed E-state index contributed by atoms with van der Waals surface area (Å²) in [4.78, 5) is 18.7. The average Bonchev–Trinajstić information content (AvgIpc) is 3.29. The smallest absolute Gasteiger partial charge is 0.257 e. The van der Waals surface area contributed by atoms with Gasteiger partial charge in [-0.1, -0.05) is 22.8 Å². The summed E-state index contributed by atoms with van der Waals surface area (Å²) in [6.45, 7) is 2.41. The minimum Gasteiger partial charge on any atom is -0.334 e. The van der Waals surface area contributed by atoms with Crippen molar-refractivity contribution < 1.29 is 9.32 Å². The molecule has 1 aliphatic heterocycles. The van der Waals surface area contributed by atoms with Gasteiger partial charge >= 0.3 is 0 Å². The lowest BCUT2D eigenvalue weighted by molar-refractivity contribution is -0.117. The zero-order valence-corrected chi connectivity index (χ0v) is 15.3. The first-order valence-electron chi connectivity index (χ1n) is 8.46. The van der Waals surface area contributed by atoms with Crippen molar-refractivity contribution >= 4 is 23.2 Å². The Morgan fingerprint density at radius 3 is 2.93 bits per heavy atom. The van der Waals surface area contributed by atoms with Crippen LogP contribution in [0.1, 0.15) is 29.3 Å². The zero-order valence-electron chi connectivity index (χ0n) is 14.5. The number of nitriles is 1. The number of anilines is 1. The third-order valence-electron chi connectivity index (χ3n) is 4.62. The summed E-state index contributed by atoms with van der Waals surface area (Å²) in [6, 6.07) is 14.5. The van der Waals surface area contributed by atoms with E-state index in [1.165, 1.54) is 0 Å². The Morgan fingerprint density at radius 2 is 2.15 bits per heavy atom. The van der Waals surface area contributed by atoms with Gasteiger partial charge in [0.2, 0.25) is 5.91 Å². The van der Waals surface area contributed by atoms with Gasteiger partial charge in [0.1, 0.15) is 0 Å². The Hall–Kier alpha value is -3.17. The van der Waals surface area contributed by atoms with E-state index in [4.69, 9.17) is 21.4 Å². The summed E-state index contributed by atoms with van der Waals surface area (Å²) in [5.41, 5.74) is 2.99. The molecule has 0 N–H and O–H groups in total. The lowest BCUT2D eigenvalue weighted by Crippen LogP contribution is -2.25. The monoisotopic (exact) mass is 378 g/mol. The molecule has 0 aliphatic carbocycles. The van der Waals surface area contributed by atoms with E-state index in [1.54, 1.807) is 35.2 Å². The molecule has 3 aromatic rings. The molecule has 1 unspecified atom stereocenters. The first-order valence-corrected chi connectivity index (χ1v) is 8.83. The van der Waals surface area contributed by atoms with Crippen LogP contribution in [0.4, 0.5) is 5.69 Å². The Balaban J connectivity index is 1.58. The number of aromatic nitrogens is 2. The van der Waals surface area contributed by atoms with Crippen LogP contribution in [-0.4, -0.2) is 22.6 Å². The zero-order chi connectivity index (χ0) is 19.0. The van der Waals surface area contributed by atoms with Gasteiger partial charge in [0, 0.05) is 35.2 Å².